The van der Waals surface area contributed by atoms with E-state index in [1.807, 2.05) is 6.92 Å². The molecule has 0 fully saturated rings. The van der Waals surface area contributed by atoms with E-state index < -0.39 is 17.9 Å². The highest BCUT2D eigenvalue weighted by molar-refractivity contribution is 5.84. The van der Waals surface area contributed by atoms with Gasteiger partial charge in [0.05, 0.1) is 6.61 Å². The summed E-state index contributed by atoms with van der Waals surface area (Å²) in [7, 11) is 0. The maximum atomic E-state index is 11.3. The van der Waals surface area contributed by atoms with E-state index in [1.165, 1.54) is 0 Å². The predicted octanol–water partition coefficient (Wildman–Crippen LogP) is -0.423. The molecule has 0 aliphatic rings. The summed E-state index contributed by atoms with van der Waals surface area (Å²) < 4.78 is 4.91. The third-order valence-electron chi connectivity index (χ3n) is 2.29. The van der Waals surface area contributed by atoms with Gasteiger partial charge in [-0.25, -0.2) is 4.79 Å². The van der Waals surface area contributed by atoms with Crippen molar-refractivity contribution >= 4 is 11.9 Å². The number of carbonyl (C=O) groups excluding carboxylic acids is 1. The van der Waals surface area contributed by atoms with Crippen LogP contribution in [0.2, 0.25) is 0 Å². The molecule has 0 heterocycles. The van der Waals surface area contributed by atoms with E-state index in [1.54, 1.807) is 6.92 Å². The van der Waals surface area contributed by atoms with Gasteiger partial charge in [-0.15, -0.1) is 0 Å². The van der Waals surface area contributed by atoms with Crippen LogP contribution in [0.3, 0.4) is 0 Å². The summed E-state index contributed by atoms with van der Waals surface area (Å²) in [6.45, 7) is 4.12. The van der Waals surface area contributed by atoms with Gasteiger partial charge in [0, 0.05) is 6.54 Å². The molecule has 6 nitrogen and oxygen atoms in total. The summed E-state index contributed by atoms with van der Waals surface area (Å²) in [6.07, 6.45) is 0.681. The van der Waals surface area contributed by atoms with E-state index in [9.17, 15) is 9.59 Å². The monoisotopic (exact) mass is 232 g/mol. The number of rotatable bonds is 8. The normalized spacial score (nSPS) is 14.2. The topological polar surface area (TPSA) is 102 Å². The van der Waals surface area contributed by atoms with Crippen molar-refractivity contribution in [2.24, 2.45) is 11.7 Å². The number of aliphatic carboxylic acids is 1. The Hall–Kier alpha value is -1.14. The van der Waals surface area contributed by atoms with Crippen LogP contribution < -0.4 is 11.1 Å². The molecule has 0 aliphatic carbocycles. The number of carboxylic acid groups (broad SMARTS) is 1. The van der Waals surface area contributed by atoms with Gasteiger partial charge in [0.25, 0.3) is 0 Å². The first-order valence-corrected chi connectivity index (χ1v) is 5.32. The van der Waals surface area contributed by atoms with Crippen molar-refractivity contribution in [2.75, 3.05) is 19.8 Å². The van der Waals surface area contributed by atoms with Crippen molar-refractivity contribution in [1.29, 1.82) is 0 Å². The van der Waals surface area contributed by atoms with Crippen molar-refractivity contribution in [3.63, 3.8) is 0 Å². The van der Waals surface area contributed by atoms with Crippen LogP contribution in [0.1, 0.15) is 20.3 Å². The highest BCUT2D eigenvalue weighted by Crippen LogP contribution is 2.07. The Labute approximate surface area is 95.1 Å². The molecule has 1 amide bonds. The highest BCUT2D eigenvalue weighted by atomic mass is 16.5. The first-order chi connectivity index (χ1) is 7.52. The summed E-state index contributed by atoms with van der Waals surface area (Å²) >= 11 is 0. The van der Waals surface area contributed by atoms with Crippen LogP contribution in [-0.2, 0) is 14.3 Å². The minimum absolute atomic E-state index is 0.115. The molecule has 0 bridgehead atoms. The van der Waals surface area contributed by atoms with Crippen molar-refractivity contribution in [2.45, 2.75) is 26.3 Å². The molecule has 16 heavy (non-hydrogen) atoms. The molecule has 0 radical (unpaired) electrons. The number of carboxylic acids is 1. The van der Waals surface area contributed by atoms with Gasteiger partial charge < -0.3 is 20.9 Å². The molecule has 6 heteroatoms. The molecule has 94 valence electrons. The predicted molar refractivity (Wildman–Crippen MR) is 58.9 cm³/mol. The van der Waals surface area contributed by atoms with Gasteiger partial charge in [-0.05, 0) is 5.92 Å². The number of hydrogen-bond donors (Lipinski definition) is 3. The molecule has 1 unspecified atom stereocenters. The second kappa shape index (κ2) is 8.06. The third-order valence-corrected chi connectivity index (χ3v) is 2.29. The number of ether oxygens (including phenoxy) is 1. The largest absolute Gasteiger partial charge is 0.480 e. The van der Waals surface area contributed by atoms with E-state index in [4.69, 9.17) is 15.6 Å². The van der Waals surface area contributed by atoms with Gasteiger partial charge in [-0.1, -0.05) is 20.3 Å². The molecule has 0 aromatic heterocycles. The lowest BCUT2D eigenvalue weighted by atomic mass is 9.99. The Morgan fingerprint density at radius 1 is 1.50 bits per heavy atom. The molecule has 4 N–H and O–H groups in total. The van der Waals surface area contributed by atoms with E-state index in [0.29, 0.717) is 13.0 Å². The van der Waals surface area contributed by atoms with Crippen LogP contribution >= 0.6 is 0 Å². The number of carbonyl (C=O) groups is 2. The second-order valence-electron chi connectivity index (χ2n) is 3.61. The van der Waals surface area contributed by atoms with Gasteiger partial charge in [-0.3, -0.25) is 4.79 Å². The van der Waals surface area contributed by atoms with Gasteiger partial charge in [0.1, 0.15) is 12.6 Å². The zero-order valence-corrected chi connectivity index (χ0v) is 9.73. The second-order valence-corrected chi connectivity index (χ2v) is 3.61. The Bertz CT molecular complexity index is 233. The molecule has 0 spiro atoms. The minimum Gasteiger partial charge on any atom is -0.480 e. The smallest absolute Gasteiger partial charge is 0.326 e. The molecule has 0 rings (SSSR count). The van der Waals surface area contributed by atoms with Crippen LogP contribution in [0.4, 0.5) is 0 Å². The maximum Gasteiger partial charge on any atom is 0.326 e. The molecular weight excluding hydrogens is 212 g/mol. The molecule has 0 saturated heterocycles. The number of amides is 1. The van der Waals surface area contributed by atoms with Crippen molar-refractivity contribution < 1.29 is 19.4 Å². The molecule has 0 aromatic carbocycles. The number of nitrogens with one attached hydrogen (secondary N) is 1. The number of hydrogen-bond acceptors (Lipinski definition) is 4. The standard InChI is InChI=1S/C10H20N2O4/c1-3-7(2)9(10(14)15)12-8(13)6-16-5-4-11/h7,9H,3-6,11H2,1-2H3,(H,12,13)(H,14,15)/t7?,9-/m0/s1. The zero-order valence-electron chi connectivity index (χ0n) is 9.73. The van der Waals surface area contributed by atoms with Crippen LogP contribution in [0.25, 0.3) is 0 Å². The van der Waals surface area contributed by atoms with Crippen LogP contribution in [-0.4, -0.2) is 42.8 Å². The van der Waals surface area contributed by atoms with Gasteiger partial charge in [0.15, 0.2) is 0 Å². The maximum absolute atomic E-state index is 11.3. The number of nitrogens with two attached hydrogens (primary N) is 1. The van der Waals surface area contributed by atoms with Gasteiger partial charge in [-0.2, -0.15) is 0 Å². The lowest BCUT2D eigenvalue weighted by Gasteiger charge is -2.19. The van der Waals surface area contributed by atoms with Gasteiger partial charge in [0.2, 0.25) is 5.91 Å². The Morgan fingerprint density at radius 2 is 2.12 bits per heavy atom. The molecule has 0 saturated carbocycles. The zero-order chi connectivity index (χ0) is 12.6. The highest BCUT2D eigenvalue weighted by Gasteiger charge is 2.24. The fourth-order valence-electron chi connectivity index (χ4n) is 1.15. The van der Waals surface area contributed by atoms with E-state index in [2.05, 4.69) is 5.32 Å². The summed E-state index contributed by atoms with van der Waals surface area (Å²) in [5.74, 6) is -1.57. The third kappa shape index (κ3) is 5.67. The molecule has 0 aliphatic heterocycles. The lowest BCUT2D eigenvalue weighted by Crippen LogP contribution is -2.46. The first-order valence-electron chi connectivity index (χ1n) is 5.32. The average molecular weight is 232 g/mol. The van der Waals surface area contributed by atoms with E-state index in [-0.39, 0.29) is 19.1 Å². The fourth-order valence-corrected chi connectivity index (χ4v) is 1.15. The Balaban J connectivity index is 4.09. The molecule has 2 atom stereocenters. The SMILES string of the molecule is CCC(C)[C@H](NC(=O)COCCN)C(=O)O. The van der Waals surface area contributed by atoms with Crippen LogP contribution in [0.15, 0.2) is 0 Å². The molecule has 0 aromatic rings. The minimum atomic E-state index is -1.03. The fraction of sp³-hybridized carbons (Fsp3) is 0.800. The average Bonchev–Trinajstić information content (AvgIpc) is 2.25. The van der Waals surface area contributed by atoms with E-state index >= 15 is 0 Å². The van der Waals surface area contributed by atoms with Crippen molar-refractivity contribution in [1.82, 2.24) is 5.32 Å². The van der Waals surface area contributed by atoms with Crippen LogP contribution in [0, 0.1) is 5.92 Å². The summed E-state index contributed by atoms with van der Waals surface area (Å²) in [6, 6.07) is -0.862. The quantitative estimate of drug-likeness (QED) is 0.493. The van der Waals surface area contributed by atoms with Crippen LogP contribution in [0.5, 0.6) is 0 Å². The lowest BCUT2D eigenvalue weighted by molar-refractivity contribution is -0.144. The van der Waals surface area contributed by atoms with Crippen molar-refractivity contribution in [3.8, 4) is 0 Å². The molecular formula is C10H20N2O4. The van der Waals surface area contributed by atoms with Crippen molar-refractivity contribution in [3.05, 3.63) is 0 Å². The van der Waals surface area contributed by atoms with Gasteiger partial charge >= 0.3 is 5.97 Å². The summed E-state index contributed by atoms with van der Waals surface area (Å²) in [5, 5.41) is 11.3. The first kappa shape index (κ1) is 14.9. The summed E-state index contributed by atoms with van der Waals surface area (Å²) in [4.78, 5) is 22.2. The Kier molecular flexibility index (Phi) is 7.49. The Morgan fingerprint density at radius 3 is 2.56 bits per heavy atom. The summed E-state index contributed by atoms with van der Waals surface area (Å²) in [5.41, 5.74) is 5.18. The van der Waals surface area contributed by atoms with E-state index in [0.717, 1.165) is 0 Å².